The quantitative estimate of drug-likeness (QED) is 0.714. The molecule has 2 heterocycles. The molecule has 1 atom stereocenters. The first-order valence-electron chi connectivity index (χ1n) is 7.85. The summed E-state index contributed by atoms with van der Waals surface area (Å²) in [6, 6.07) is 7.06. The number of amides is 1. The molecule has 7 nitrogen and oxygen atoms in total. The first kappa shape index (κ1) is 18.0. The van der Waals surface area contributed by atoms with Gasteiger partial charge in [-0.2, -0.15) is 5.26 Å². The summed E-state index contributed by atoms with van der Waals surface area (Å²) in [6.45, 7) is 4.90. The number of rotatable bonds is 2. The minimum absolute atomic E-state index is 0.0497. The summed E-state index contributed by atoms with van der Waals surface area (Å²) < 4.78 is 11.4. The smallest absolute Gasteiger partial charge is 0.339 e. The highest BCUT2D eigenvalue weighted by Gasteiger charge is 2.59. The molecule has 0 aliphatic carbocycles. The number of hydrogen-bond donors (Lipinski definition) is 2. The maximum atomic E-state index is 13.1. The molecule has 3 rings (SSSR count). The molecule has 0 saturated heterocycles. The zero-order valence-corrected chi connectivity index (χ0v) is 15.9. The Morgan fingerprint density at radius 1 is 1.46 bits per heavy atom. The van der Waals surface area contributed by atoms with Crippen LogP contribution in [0, 0.1) is 11.3 Å². The third-order valence-corrected chi connectivity index (χ3v) is 4.74. The Kier molecular flexibility index (Phi) is 4.28. The number of allylic oxidation sites excluding steroid dienone is 1. The topological polar surface area (TPSA) is 114 Å². The number of fused-ring (bicyclic) bond motifs is 2. The van der Waals surface area contributed by atoms with Gasteiger partial charge in [-0.1, -0.05) is 15.9 Å². The number of hydrogen-bond acceptors (Lipinski definition) is 6. The Labute approximate surface area is 158 Å². The van der Waals surface area contributed by atoms with Crippen LogP contribution in [-0.2, 0) is 24.5 Å². The normalized spacial score (nSPS) is 21.5. The average molecular weight is 418 g/mol. The number of carbonyl (C=O) groups excluding carboxylic acids is 2. The molecule has 1 aromatic rings. The summed E-state index contributed by atoms with van der Waals surface area (Å²) in [5.74, 6) is -1.38. The lowest BCUT2D eigenvalue weighted by Crippen LogP contribution is -2.46. The van der Waals surface area contributed by atoms with E-state index in [0.29, 0.717) is 15.7 Å². The number of anilines is 1. The predicted molar refractivity (Wildman–Crippen MR) is 96.3 cm³/mol. The number of carbonyl (C=O) groups is 2. The standard InChI is InChI=1S/C18H16BrN3O4/c1-8(2)25-16(23)14-9(3)26-15(21)12(7-20)18(14)11-6-10(19)4-5-13(11)22-17(18)24/h4-6,8H,21H2,1-3H3,(H,22,24). The highest BCUT2D eigenvalue weighted by molar-refractivity contribution is 9.10. The van der Waals surface area contributed by atoms with Gasteiger partial charge in [-0.05, 0) is 39.0 Å². The van der Waals surface area contributed by atoms with Crippen molar-refractivity contribution in [1.82, 2.24) is 0 Å². The van der Waals surface area contributed by atoms with E-state index < -0.39 is 23.4 Å². The zero-order chi connectivity index (χ0) is 19.2. The van der Waals surface area contributed by atoms with Crippen molar-refractivity contribution >= 4 is 33.5 Å². The Hall–Kier alpha value is -2.79. The van der Waals surface area contributed by atoms with Crippen LogP contribution in [0.3, 0.4) is 0 Å². The number of nitrogens with zero attached hydrogens (tertiary/aromatic N) is 1. The van der Waals surface area contributed by atoms with E-state index in [1.807, 2.05) is 6.07 Å². The van der Waals surface area contributed by atoms with Gasteiger partial charge in [0.05, 0.1) is 6.10 Å². The number of halogens is 1. The molecule has 2 aliphatic rings. The molecular formula is C18H16BrN3O4. The first-order chi connectivity index (χ1) is 12.2. The van der Waals surface area contributed by atoms with Gasteiger partial charge in [0.25, 0.3) is 0 Å². The Bertz CT molecular complexity index is 942. The number of ether oxygens (including phenoxy) is 2. The number of nitrogens with two attached hydrogens (primary N) is 1. The van der Waals surface area contributed by atoms with Crippen LogP contribution in [0.2, 0.25) is 0 Å². The molecule has 26 heavy (non-hydrogen) atoms. The van der Waals surface area contributed by atoms with E-state index in [1.54, 1.807) is 32.0 Å². The van der Waals surface area contributed by atoms with Crippen LogP contribution < -0.4 is 11.1 Å². The largest absolute Gasteiger partial charge is 0.459 e. The molecule has 0 saturated carbocycles. The second-order valence-electron chi connectivity index (χ2n) is 6.23. The molecule has 1 amide bonds. The van der Waals surface area contributed by atoms with Gasteiger partial charge in [-0.15, -0.1) is 0 Å². The van der Waals surface area contributed by atoms with E-state index in [0.717, 1.165) is 0 Å². The lowest BCUT2D eigenvalue weighted by molar-refractivity contribution is -0.144. The zero-order valence-electron chi connectivity index (χ0n) is 14.3. The van der Waals surface area contributed by atoms with Crippen molar-refractivity contribution in [2.24, 2.45) is 5.73 Å². The third kappa shape index (κ3) is 2.39. The molecule has 1 spiro atoms. The molecule has 1 aromatic carbocycles. The van der Waals surface area contributed by atoms with Crippen molar-refractivity contribution in [3.63, 3.8) is 0 Å². The van der Waals surface area contributed by atoms with Crippen LogP contribution in [0.4, 0.5) is 5.69 Å². The second-order valence-corrected chi connectivity index (χ2v) is 7.15. The Balaban J connectivity index is 2.38. The van der Waals surface area contributed by atoms with E-state index in [4.69, 9.17) is 15.2 Å². The first-order valence-corrected chi connectivity index (χ1v) is 8.64. The molecule has 0 radical (unpaired) electrons. The third-order valence-electron chi connectivity index (χ3n) is 4.24. The summed E-state index contributed by atoms with van der Waals surface area (Å²) in [7, 11) is 0. The molecule has 0 fully saturated rings. The maximum absolute atomic E-state index is 13.1. The van der Waals surface area contributed by atoms with Gasteiger partial charge < -0.3 is 20.5 Å². The summed E-state index contributed by atoms with van der Waals surface area (Å²) in [6.07, 6.45) is -0.417. The summed E-state index contributed by atoms with van der Waals surface area (Å²) in [5.41, 5.74) is 4.93. The summed E-state index contributed by atoms with van der Waals surface area (Å²) in [4.78, 5) is 26.0. The fourth-order valence-electron chi connectivity index (χ4n) is 3.32. The van der Waals surface area contributed by atoms with Gasteiger partial charge in [-0.3, -0.25) is 4.79 Å². The van der Waals surface area contributed by atoms with Crippen LogP contribution in [0.5, 0.6) is 0 Å². The molecule has 3 N–H and O–H groups in total. The van der Waals surface area contributed by atoms with Crippen molar-refractivity contribution in [2.45, 2.75) is 32.3 Å². The Morgan fingerprint density at radius 2 is 2.15 bits per heavy atom. The number of nitriles is 1. The van der Waals surface area contributed by atoms with Crippen LogP contribution >= 0.6 is 15.9 Å². The van der Waals surface area contributed by atoms with Crippen LogP contribution in [0.25, 0.3) is 0 Å². The monoisotopic (exact) mass is 417 g/mol. The van der Waals surface area contributed by atoms with Gasteiger partial charge in [0.1, 0.15) is 23.0 Å². The molecule has 1 unspecified atom stereocenters. The lowest BCUT2D eigenvalue weighted by atomic mass is 9.68. The van der Waals surface area contributed by atoms with E-state index in [1.165, 1.54) is 6.92 Å². The molecule has 2 aliphatic heterocycles. The minimum atomic E-state index is -1.72. The van der Waals surface area contributed by atoms with E-state index in [2.05, 4.69) is 21.2 Å². The Morgan fingerprint density at radius 3 is 2.77 bits per heavy atom. The van der Waals surface area contributed by atoms with Crippen molar-refractivity contribution in [3.8, 4) is 6.07 Å². The van der Waals surface area contributed by atoms with Gasteiger partial charge >= 0.3 is 5.97 Å². The van der Waals surface area contributed by atoms with Crippen molar-refractivity contribution in [1.29, 1.82) is 5.26 Å². The summed E-state index contributed by atoms with van der Waals surface area (Å²) >= 11 is 3.37. The van der Waals surface area contributed by atoms with E-state index in [9.17, 15) is 14.9 Å². The molecule has 0 bridgehead atoms. The van der Waals surface area contributed by atoms with Crippen molar-refractivity contribution in [3.05, 3.63) is 51.0 Å². The van der Waals surface area contributed by atoms with Crippen molar-refractivity contribution in [2.75, 3.05) is 5.32 Å². The highest BCUT2D eigenvalue weighted by atomic mass is 79.9. The highest BCUT2D eigenvalue weighted by Crippen LogP contribution is 2.52. The molecule has 8 heteroatoms. The second kappa shape index (κ2) is 6.18. The fourth-order valence-corrected chi connectivity index (χ4v) is 3.68. The van der Waals surface area contributed by atoms with E-state index in [-0.39, 0.29) is 22.8 Å². The molecule has 0 aromatic heterocycles. The van der Waals surface area contributed by atoms with Gasteiger partial charge in [-0.25, -0.2) is 4.79 Å². The minimum Gasteiger partial charge on any atom is -0.459 e. The van der Waals surface area contributed by atoms with Crippen LogP contribution in [0.15, 0.2) is 45.5 Å². The lowest BCUT2D eigenvalue weighted by Gasteiger charge is -2.34. The average Bonchev–Trinajstić information content (AvgIpc) is 2.80. The number of benzene rings is 1. The number of esters is 1. The van der Waals surface area contributed by atoms with E-state index >= 15 is 0 Å². The predicted octanol–water partition coefficient (Wildman–Crippen LogP) is 2.59. The van der Waals surface area contributed by atoms with Gasteiger partial charge in [0, 0.05) is 15.7 Å². The summed E-state index contributed by atoms with van der Waals surface area (Å²) in [5, 5.41) is 12.5. The molecular weight excluding hydrogens is 402 g/mol. The fraction of sp³-hybridized carbons (Fsp3) is 0.278. The van der Waals surface area contributed by atoms with Gasteiger partial charge in [0.2, 0.25) is 11.8 Å². The van der Waals surface area contributed by atoms with Crippen LogP contribution in [-0.4, -0.2) is 18.0 Å². The molecule has 134 valence electrons. The maximum Gasteiger partial charge on any atom is 0.339 e. The van der Waals surface area contributed by atoms with Crippen LogP contribution in [0.1, 0.15) is 26.3 Å². The SMILES string of the molecule is CC1=C(C(=O)OC(C)C)C2(C(=O)Nc3ccc(Br)cc32)C(C#N)=C(N)O1. The number of nitrogens with one attached hydrogen (secondary N) is 1. The van der Waals surface area contributed by atoms with Crippen molar-refractivity contribution < 1.29 is 19.1 Å². The van der Waals surface area contributed by atoms with Gasteiger partial charge in [0.15, 0.2) is 5.41 Å².